The third-order valence-corrected chi connectivity index (χ3v) is 4.00. The van der Waals surface area contributed by atoms with Crippen molar-refractivity contribution in [1.82, 2.24) is 5.32 Å². The topological polar surface area (TPSA) is 75.6 Å². The number of hydrogen-bond donors (Lipinski definition) is 1. The van der Waals surface area contributed by atoms with Crippen molar-refractivity contribution in [3.8, 4) is 0 Å². The van der Waals surface area contributed by atoms with Gasteiger partial charge in [0.2, 0.25) is 5.91 Å². The molecule has 27 heavy (non-hydrogen) atoms. The lowest BCUT2D eigenvalue weighted by Gasteiger charge is -2.19. The minimum atomic E-state index is -0.661. The van der Waals surface area contributed by atoms with Crippen LogP contribution >= 0.6 is 0 Å². The SMILES string of the molecule is C/C=C(/NC(=O)C(c1ccccc1)c1cccc(C)c1)C(=O)N=C(C)C=O. The van der Waals surface area contributed by atoms with Crippen LogP contribution in [-0.2, 0) is 14.4 Å². The van der Waals surface area contributed by atoms with Crippen molar-refractivity contribution in [2.75, 3.05) is 0 Å². The van der Waals surface area contributed by atoms with Gasteiger partial charge in [-0.15, -0.1) is 0 Å². The van der Waals surface area contributed by atoms with Crippen LogP contribution in [0, 0.1) is 6.92 Å². The lowest BCUT2D eigenvalue weighted by atomic mass is 9.89. The second-order valence-corrected chi connectivity index (χ2v) is 6.13. The Bertz CT molecular complexity index is 899. The summed E-state index contributed by atoms with van der Waals surface area (Å²) < 4.78 is 0. The third kappa shape index (κ3) is 5.31. The zero-order chi connectivity index (χ0) is 19.8. The highest BCUT2D eigenvalue weighted by Crippen LogP contribution is 2.26. The highest BCUT2D eigenvalue weighted by Gasteiger charge is 2.24. The van der Waals surface area contributed by atoms with Crippen LogP contribution in [0.3, 0.4) is 0 Å². The summed E-state index contributed by atoms with van der Waals surface area (Å²) in [6.45, 7) is 5.02. The molecule has 0 saturated carbocycles. The van der Waals surface area contributed by atoms with E-state index in [1.54, 1.807) is 6.92 Å². The molecule has 1 N–H and O–H groups in total. The molecule has 2 aromatic rings. The maximum absolute atomic E-state index is 13.1. The highest BCUT2D eigenvalue weighted by atomic mass is 16.2. The summed E-state index contributed by atoms with van der Waals surface area (Å²) in [5.41, 5.74) is 2.77. The number of carbonyl (C=O) groups excluding carboxylic acids is 3. The maximum atomic E-state index is 13.1. The van der Waals surface area contributed by atoms with Gasteiger partial charge < -0.3 is 5.32 Å². The van der Waals surface area contributed by atoms with Gasteiger partial charge in [-0.3, -0.25) is 14.4 Å². The maximum Gasteiger partial charge on any atom is 0.293 e. The Morgan fingerprint density at radius 2 is 1.70 bits per heavy atom. The number of aldehydes is 1. The van der Waals surface area contributed by atoms with Crippen molar-refractivity contribution in [3.05, 3.63) is 83.1 Å². The van der Waals surface area contributed by atoms with Gasteiger partial charge in [0, 0.05) is 0 Å². The Hall–Kier alpha value is -3.34. The van der Waals surface area contributed by atoms with Crippen molar-refractivity contribution >= 4 is 23.8 Å². The third-order valence-electron chi connectivity index (χ3n) is 4.00. The summed E-state index contributed by atoms with van der Waals surface area (Å²) in [5, 5.41) is 2.66. The highest BCUT2D eigenvalue weighted by molar-refractivity contribution is 6.30. The van der Waals surface area contributed by atoms with E-state index in [1.807, 2.05) is 61.5 Å². The molecule has 0 aliphatic rings. The van der Waals surface area contributed by atoms with Crippen LogP contribution in [0.4, 0.5) is 0 Å². The second kappa shape index (κ2) is 9.38. The molecule has 0 bridgehead atoms. The van der Waals surface area contributed by atoms with Gasteiger partial charge in [-0.05, 0) is 31.9 Å². The number of rotatable bonds is 6. The van der Waals surface area contributed by atoms with Crippen LogP contribution in [0.15, 0.2) is 71.4 Å². The average molecular weight is 362 g/mol. The molecular formula is C22H22N2O3. The average Bonchev–Trinajstić information content (AvgIpc) is 2.67. The van der Waals surface area contributed by atoms with E-state index in [9.17, 15) is 14.4 Å². The monoisotopic (exact) mass is 362 g/mol. The normalized spacial score (nSPS) is 13.0. The van der Waals surface area contributed by atoms with Gasteiger partial charge in [-0.2, -0.15) is 0 Å². The summed E-state index contributed by atoms with van der Waals surface area (Å²) >= 11 is 0. The summed E-state index contributed by atoms with van der Waals surface area (Å²) in [6, 6.07) is 17.0. The zero-order valence-electron chi connectivity index (χ0n) is 15.6. The van der Waals surface area contributed by atoms with Gasteiger partial charge in [0.15, 0.2) is 6.29 Å². The number of allylic oxidation sites excluding steroid dienone is 1. The molecule has 5 heteroatoms. The Kier molecular flexibility index (Phi) is 6.94. The molecule has 0 spiro atoms. The fourth-order valence-corrected chi connectivity index (χ4v) is 2.69. The lowest BCUT2D eigenvalue weighted by molar-refractivity contribution is -0.123. The Balaban J connectivity index is 2.37. The van der Waals surface area contributed by atoms with E-state index < -0.39 is 11.8 Å². The smallest absolute Gasteiger partial charge is 0.293 e. The van der Waals surface area contributed by atoms with Gasteiger partial charge in [0.05, 0.1) is 11.6 Å². The molecule has 0 aliphatic heterocycles. The van der Waals surface area contributed by atoms with Crippen molar-refractivity contribution in [2.24, 2.45) is 4.99 Å². The number of carbonyl (C=O) groups is 3. The molecule has 0 aromatic heterocycles. The summed E-state index contributed by atoms with van der Waals surface area (Å²) in [7, 11) is 0. The summed E-state index contributed by atoms with van der Waals surface area (Å²) in [5.74, 6) is -1.58. The number of nitrogens with one attached hydrogen (secondary N) is 1. The first-order valence-corrected chi connectivity index (χ1v) is 8.59. The predicted octanol–water partition coefficient (Wildman–Crippen LogP) is 3.33. The van der Waals surface area contributed by atoms with E-state index in [1.165, 1.54) is 13.0 Å². The molecule has 138 valence electrons. The van der Waals surface area contributed by atoms with Crippen LogP contribution in [0.5, 0.6) is 0 Å². The molecule has 0 radical (unpaired) electrons. The number of benzene rings is 2. The van der Waals surface area contributed by atoms with Crippen molar-refractivity contribution in [2.45, 2.75) is 26.7 Å². The predicted molar refractivity (Wildman–Crippen MR) is 106 cm³/mol. The van der Waals surface area contributed by atoms with Crippen LogP contribution < -0.4 is 5.32 Å². The van der Waals surface area contributed by atoms with E-state index in [0.717, 1.165) is 16.7 Å². The van der Waals surface area contributed by atoms with Gasteiger partial charge in [-0.1, -0.05) is 66.2 Å². The largest absolute Gasteiger partial charge is 0.321 e. The molecule has 2 amide bonds. The minimum Gasteiger partial charge on any atom is -0.321 e. The lowest BCUT2D eigenvalue weighted by Crippen LogP contribution is -2.32. The van der Waals surface area contributed by atoms with Crippen LogP contribution in [0.25, 0.3) is 0 Å². The van der Waals surface area contributed by atoms with Gasteiger partial charge in [-0.25, -0.2) is 4.99 Å². The summed E-state index contributed by atoms with van der Waals surface area (Å²) in [4.78, 5) is 39.6. The molecule has 0 heterocycles. The van der Waals surface area contributed by atoms with Crippen molar-refractivity contribution in [1.29, 1.82) is 0 Å². The minimum absolute atomic E-state index is 0.0368. The van der Waals surface area contributed by atoms with Gasteiger partial charge in [0.1, 0.15) is 5.70 Å². The first-order chi connectivity index (χ1) is 13.0. The molecule has 2 rings (SSSR count). The van der Waals surface area contributed by atoms with Crippen molar-refractivity contribution in [3.63, 3.8) is 0 Å². The molecule has 0 saturated heterocycles. The van der Waals surface area contributed by atoms with E-state index >= 15 is 0 Å². The molecule has 2 aromatic carbocycles. The number of amides is 2. The Morgan fingerprint density at radius 1 is 1.04 bits per heavy atom. The van der Waals surface area contributed by atoms with E-state index in [-0.39, 0.29) is 17.3 Å². The zero-order valence-corrected chi connectivity index (χ0v) is 15.6. The van der Waals surface area contributed by atoms with Gasteiger partial charge in [0.25, 0.3) is 5.91 Å². The van der Waals surface area contributed by atoms with Crippen LogP contribution in [0.1, 0.15) is 36.5 Å². The van der Waals surface area contributed by atoms with Crippen molar-refractivity contribution < 1.29 is 14.4 Å². The Labute approximate surface area is 158 Å². The number of aliphatic imine (C=N–C) groups is 1. The fraction of sp³-hybridized carbons (Fsp3) is 0.182. The van der Waals surface area contributed by atoms with E-state index in [4.69, 9.17) is 0 Å². The molecule has 0 fully saturated rings. The van der Waals surface area contributed by atoms with E-state index in [2.05, 4.69) is 10.3 Å². The fourth-order valence-electron chi connectivity index (χ4n) is 2.69. The first kappa shape index (κ1) is 20.0. The molecule has 5 nitrogen and oxygen atoms in total. The Morgan fingerprint density at radius 3 is 2.30 bits per heavy atom. The molecule has 1 unspecified atom stereocenters. The van der Waals surface area contributed by atoms with Crippen LogP contribution in [0.2, 0.25) is 0 Å². The first-order valence-electron chi connectivity index (χ1n) is 8.59. The molecule has 1 atom stereocenters. The standard InChI is InChI=1S/C22H22N2O3/c1-4-19(21(26)23-16(3)14-25)24-22(27)20(17-10-6-5-7-11-17)18-12-8-9-15(2)13-18/h4-14,20H,1-3H3,(H,24,27)/b19-4+,23-16?. The number of nitrogens with zero attached hydrogens (tertiary/aromatic N) is 1. The molecular weight excluding hydrogens is 340 g/mol. The van der Waals surface area contributed by atoms with E-state index in [0.29, 0.717) is 6.29 Å². The summed E-state index contributed by atoms with van der Waals surface area (Å²) in [6.07, 6.45) is 1.96. The molecule has 0 aliphatic carbocycles. The number of aryl methyl sites for hydroxylation is 1. The van der Waals surface area contributed by atoms with Crippen LogP contribution in [-0.4, -0.2) is 23.8 Å². The number of hydrogen-bond acceptors (Lipinski definition) is 3. The second-order valence-electron chi connectivity index (χ2n) is 6.13. The van der Waals surface area contributed by atoms with Gasteiger partial charge >= 0.3 is 0 Å². The quantitative estimate of drug-likeness (QED) is 0.486.